The molecular formula is C18H17NO4. The molecule has 5 heteroatoms. The maximum atomic E-state index is 12.1. The van der Waals surface area contributed by atoms with E-state index >= 15 is 0 Å². The molecule has 3 rings (SSSR count). The first-order valence-corrected chi connectivity index (χ1v) is 7.41. The van der Waals surface area contributed by atoms with Crippen molar-refractivity contribution in [2.45, 2.75) is 13.5 Å². The van der Waals surface area contributed by atoms with Gasteiger partial charge in [-0.1, -0.05) is 42.0 Å². The Hall–Kier alpha value is -2.50. The number of hydrogen-bond acceptors (Lipinski definition) is 4. The van der Waals surface area contributed by atoms with Crippen LogP contribution in [0.2, 0.25) is 0 Å². The third-order valence-electron chi connectivity index (χ3n) is 3.59. The van der Waals surface area contributed by atoms with Crippen molar-refractivity contribution < 1.29 is 19.2 Å². The van der Waals surface area contributed by atoms with Crippen molar-refractivity contribution >= 4 is 11.8 Å². The smallest absolute Gasteiger partial charge is 0.285 e. The average Bonchev–Trinajstić information content (AvgIpc) is 2.81. The summed E-state index contributed by atoms with van der Waals surface area (Å²) in [5.74, 6) is -0.853. The Morgan fingerprint density at radius 1 is 0.870 bits per heavy atom. The van der Waals surface area contributed by atoms with Gasteiger partial charge in [-0.3, -0.25) is 14.4 Å². The molecule has 0 saturated heterocycles. The monoisotopic (exact) mass is 311 g/mol. The summed E-state index contributed by atoms with van der Waals surface area (Å²) in [5.41, 5.74) is 3.01. The van der Waals surface area contributed by atoms with Gasteiger partial charge in [0.15, 0.2) is 0 Å². The van der Waals surface area contributed by atoms with Crippen LogP contribution in [0.5, 0.6) is 0 Å². The molecule has 0 unspecified atom stereocenters. The first kappa shape index (κ1) is 15.4. The highest BCUT2D eigenvalue weighted by Gasteiger charge is 2.36. The standard InChI is InChI=1S/C18H17NO4/c1-13-6-8-14(9-7-13)12-22-10-11-23-19-17(20)15-4-2-3-5-16(15)18(19)21/h2-9H,10-12H2,1H3. The summed E-state index contributed by atoms with van der Waals surface area (Å²) >= 11 is 0. The van der Waals surface area contributed by atoms with Crippen molar-refractivity contribution in [1.82, 2.24) is 5.06 Å². The van der Waals surface area contributed by atoms with Crippen LogP contribution in [0.1, 0.15) is 31.8 Å². The molecule has 0 spiro atoms. The van der Waals surface area contributed by atoms with Crippen LogP contribution in [0.15, 0.2) is 48.5 Å². The number of rotatable bonds is 6. The van der Waals surface area contributed by atoms with Gasteiger partial charge in [-0.15, -0.1) is 5.06 Å². The van der Waals surface area contributed by atoms with Gasteiger partial charge in [-0.2, -0.15) is 0 Å². The van der Waals surface area contributed by atoms with E-state index in [1.165, 1.54) is 5.56 Å². The molecule has 0 fully saturated rings. The molecule has 0 aliphatic carbocycles. The summed E-state index contributed by atoms with van der Waals surface area (Å²) in [6, 6.07) is 14.7. The molecule has 118 valence electrons. The first-order valence-electron chi connectivity index (χ1n) is 7.41. The Morgan fingerprint density at radius 2 is 1.48 bits per heavy atom. The number of aryl methyl sites for hydroxylation is 1. The normalized spacial score (nSPS) is 13.5. The van der Waals surface area contributed by atoms with Crippen molar-refractivity contribution in [3.8, 4) is 0 Å². The van der Waals surface area contributed by atoms with E-state index in [0.717, 1.165) is 10.6 Å². The zero-order chi connectivity index (χ0) is 16.2. The van der Waals surface area contributed by atoms with E-state index in [4.69, 9.17) is 9.57 Å². The van der Waals surface area contributed by atoms with Crippen molar-refractivity contribution in [1.29, 1.82) is 0 Å². The quantitative estimate of drug-likeness (QED) is 0.608. The minimum Gasteiger partial charge on any atom is -0.374 e. The van der Waals surface area contributed by atoms with Gasteiger partial charge in [0, 0.05) is 0 Å². The van der Waals surface area contributed by atoms with Crippen LogP contribution in [0, 0.1) is 6.92 Å². The van der Waals surface area contributed by atoms with E-state index in [0.29, 0.717) is 24.3 Å². The fourth-order valence-electron chi connectivity index (χ4n) is 2.35. The van der Waals surface area contributed by atoms with E-state index in [9.17, 15) is 9.59 Å². The third-order valence-corrected chi connectivity index (χ3v) is 3.59. The minimum atomic E-state index is -0.427. The zero-order valence-corrected chi connectivity index (χ0v) is 12.8. The van der Waals surface area contributed by atoms with Crippen LogP contribution in [0.25, 0.3) is 0 Å². The summed E-state index contributed by atoms with van der Waals surface area (Å²) < 4.78 is 5.49. The zero-order valence-electron chi connectivity index (χ0n) is 12.8. The molecule has 2 aromatic carbocycles. The number of imide groups is 1. The Balaban J connectivity index is 1.46. The second-order valence-corrected chi connectivity index (χ2v) is 5.32. The van der Waals surface area contributed by atoms with Gasteiger partial charge in [0.25, 0.3) is 11.8 Å². The van der Waals surface area contributed by atoms with Gasteiger partial charge in [-0.25, -0.2) is 0 Å². The molecule has 1 aliphatic heterocycles. The maximum absolute atomic E-state index is 12.1. The number of amides is 2. The Bertz CT molecular complexity index is 689. The van der Waals surface area contributed by atoms with Crippen LogP contribution >= 0.6 is 0 Å². The SMILES string of the molecule is Cc1ccc(COCCON2C(=O)c3ccccc3C2=O)cc1. The summed E-state index contributed by atoms with van der Waals surface area (Å²) in [6.45, 7) is 2.92. The number of nitrogens with zero attached hydrogens (tertiary/aromatic N) is 1. The molecular weight excluding hydrogens is 294 g/mol. The Kier molecular flexibility index (Phi) is 4.50. The number of hydroxylamine groups is 2. The van der Waals surface area contributed by atoms with Crippen LogP contribution in [-0.4, -0.2) is 30.1 Å². The number of hydrogen-bond donors (Lipinski definition) is 0. The summed E-state index contributed by atoms with van der Waals surface area (Å²) in [5, 5.41) is 0.805. The molecule has 5 nitrogen and oxygen atoms in total. The lowest BCUT2D eigenvalue weighted by molar-refractivity contribution is -0.107. The molecule has 2 amide bonds. The van der Waals surface area contributed by atoms with Gasteiger partial charge >= 0.3 is 0 Å². The van der Waals surface area contributed by atoms with Crippen LogP contribution in [0.4, 0.5) is 0 Å². The average molecular weight is 311 g/mol. The van der Waals surface area contributed by atoms with E-state index in [-0.39, 0.29) is 6.61 Å². The molecule has 2 aromatic rings. The van der Waals surface area contributed by atoms with Crippen molar-refractivity contribution in [3.05, 3.63) is 70.8 Å². The van der Waals surface area contributed by atoms with Gasteiger partial charge in [0.05, 0.1) is 30.9 Å². The molecule has 0 radical (unpaired) electrons. The van der Waals surface area contributed by atoms with Crippen molar-refractivity contribution in [2.75, 3.05) is 13.2 Å². The molecule has 0 aromatic heterocycles. The molecule has 0 N–H and O–H groups in total. The molecule has 0 bridgehead atoms. The predicted molar refractivity (Wildman–Crippen MR) is 83.7 cm³/mol. The van der Waals surface area contributed by atoms with Gasteiger partial charge < -0.3 is 4.74 Å². The highest BCUT2D eigenvalue weighted by Crippen LogP contribution is 2.22. The second-order valence-electron chi connectivity index (χ2n) is 5.32. The predicted octanol–water partition coefficient (Wildman–Crippen LogP) is 2.74. The fraction of sp³-hybridized carbons (Fsp3) is 0.222. The Morgan fingerprint density at radius 3 is 2.09 bits per heavy atom. The van der Waals surface area contributed by atoms with E-state index in [2.05, 4.69) is 0 Å². The number of carbonyl (C=O) groups excluding carboxylic acids is 2. The highest BCUT2D eigenvalue weighted by atomic mass is 16.7. The molecule has 0 atom stereocenters. The first-order chi connectivity index (χ1) is 11.2. The van der Waals surface area contributed by atoms with Gasteiger partial charge in [0.1, 0.15) is 0 Å². The number of ether oxygens (including phenoxy) is 1. The summed E-state index contributed by atoms with van der Waals surface area (Å²) in [6.07, 6.45) is 0. The lowest BCUT2D eigenvalue weighted by Gasteiger charge is -2.13. The van der Waals surface area contributed by atoms with E-state index < -0.39 is 11.8 Å². The highest BCUT2D eigenvalue weighted by molar-refractivity contribution is 6.20. The van der Waals surface area contributed by atoms with Crippen molar-refractivity contribution in [2.24, 2.45) is 0 Å². The number of carbonyl (C=O) groups is 2. The molecule has 23 heavy (non-hydrogen) atoms. The number of benzene rings is 2. The molecule has 1 heterocycles. The van der Waals surface area contributed by atoms with E-state index in [1.54, 1.807) is 24.3 Å². The third kappa shape index (κ3) is 3.31. The summed E-state index contributed by atoms with van der Waals surface area (Å²) in [4.78, 5) is 29.4. The van der Waals surface area contributed by atoms with Gasteiger partial charge in [0.2, 0.25) is 0 Å². The lowest BCUT2D eigenvalue weighted by atomic mass is 10.1. The topological polar surface area (TPSA) is 55.8 Å². The fourth-order valence-corrected chi connectivity index (χ4v) is 2.35. The molecule has 1 aliphatic rings. The maximum Gasteiger partial charge on any atom is 0.285 e. The van der Waals surface area contributed by atoms with Crippen LogP contribution < -0.4 is 0 Å². The second kappa shape index (κ2) is 6.73. The van der Waals surface area contributed by atoms with E-state index in [1.807, 2.05) is 31.2 Å². The van der Waals surface area contributed by atoms with Crippen molar-refractivity contribution in [3.63, 3.8) is 0 Å². The van der Waals surface area contributed by atoms with Gasteiger partial charge in [-0.05, 0) is 24.6 Å². The summed E-state index contributed by atoms with van der Waals surface area (Å²) in [7, 11) is 0. The van der Waals surface area contributed by atoms with Crippen LogP contribution in [0.3, 0.4) is 0 Å². The number of fused-ring (bicyclic) bond motifs is 1. The molecule has 0 saturated carbocycles. The van der Waals surface area contributed by atoms with Crippen LogP contribution in [-0.2, 0) is 16.2 Å². The largest absolute Gasteiger partial charge is 0.374 e. The Labute approximate surface area is 134 Å². The lowest BCUT2D eigenvalue weighted by Crippen LogP contribution is -2.31. The minimum absolute atomic E-state index is 0.136.